The number of rotatable bonds is 3. The molecule has 0 unspecified atom stereocenters. The molecule has 5 heteroatoms. The molecule has 0 spiro atoms. The number of imidazole rings is 1. The molecule has 0 atom stereocenters. The quantitative estimate of drug-likeness (QED) is 0.747. The third-order valence-corrected chi connectivity index (χ3v) is 3.56. The number of hydrogen-bond donors (Lipinski definition) is 1. The zero-order chi connectivity index (χ0) is 15.0. The maximum atomic E-state index is 11.3. The molecule has 1 aromatic carbocycles. The van der Waals surface area contributed by atoms with E-state index in [0.717, 1.165) is 16.7 Å². The predicted octanol–water partition coefficient (Wildman–Crippen LogP) is 3.51. The van der Waals surface area contributed by atoms with Crippen molar-refractivity contribution in [2.24, 2.45) is 5.18 Å². The lowest BCUT2D eigenvalue weighted by Crippen LogP contribution is -1.89. The van der Waals surface area contributed by atoms with Crippen LogP contribution >= 0.6 is 0 Å². The van der Waals surface area contributed by atoms with Crippen LogP contribution in [0.2, 0.25) is 0 Å². The fraction of sp³-hybridized carbons (Fsp3) is 0.188. The van der Waals surface area contributed by atoms with E-state index in [9.17, 15) is 10.0 Å². The molecular weight excluding hydrogens is 266 g/mol. The average molecular weight is 281 g/mol. The molecule has 0 saturated heterocycles. The standard InChI is InChI=1S/C16H15N3O2/c1-10-3-5-13(11(2)7-10)15-16(18-21)19-8-12(9-20)4-6-14(19)17-15/h3-8,20H,9H2,1-2H3. The Balaban J connectivity index is 2.29. The number of aromatic nitrogens is 2. The monoisotopic (exact) mass is 281 g/mol. The molecule has 1 N–H and O–H groups in total. The van der Waals surface area contributed by atoms with Gasteiger partial charge in [0.2, 0.25) is 5.82 Å². The minimum absolute atomic E-state index is 0.0920. The maximum absolute atomic E-state index is 11.3. The molecule has 2 heterocycles. The van der Waals surface area contributed by atoms with Crippen LogP contribution in [0.15, 0.2) is 41.7 Å². The molecule has 0 aliphatic carbocycles. The van der Waals surface area contributed by atoms with E-state index in [4.69, 9.17) is 0 Å². The van der Waals surface area contributed by atoms with Gasteiger partial charge < -0.3 is 5.11 Å². The summed E-state index contributed by atoms with van der Waals surface area (Å²) in [4.78, 5) is 15.8. The maximum Gasteiger partial charge on any atom is 0.209 e. The SMILES string of the molecule is Cc1ccc(-c2nc3ccc(CO)cn3c2N=O)c(C)c1. The fourth-order valence-corrected chi connectivity index (χ4v) is 2.52. The minimum Gasteiger partial charge on any atom is -0.392 e. The minimum atomic E-state index is -0.0920. The van der Waals surface area contributed by atoms with E-state index in [-0.39, 0.29) is 12.4 Å². The van der Waals surface area contributed by atoms with Crippen molar-refractivity contribution in [3.63, 3.8) is 0 Å². The van der Waals surface area contributed by atoms with Crippen molar-refractivity contribution in [1.82, 2.24) is 9.38 Å². The van der Waals surface area contributed by atoms with Gasteiger partial charge in [-0.2, -0.15) is 0 Å². The summed E-state index contributed by atoms with van der Waals surface area (Å²) < 4.78 is 1.62. The summed E-state index contributed by atoms with van der Waals surface area (Å²) in [5.74, 6) is 0.257. The largest absolute Gasteiger partial charge is 0.392 e. The van der Waals surface area contributed by atoms with Crippen LogP contribution in [-0.4, -0.2) is 14.5 Å². The smallest absolute Gasteiger partial charge is 0.209 e. The summed E-state index contributed by atoms with van der Waals surface area (Å²) in [6.07, 6.45) is 1.69. The highest BCUT2D eigenvalue weighted by Gasteiger charge is 2.16. The third kappa shape index (κ3) is 2.21. The van der Waals surface area contributed by atoms with E-state index in [2.05, 4.69) is 10.2 Å². The highest BCUT2D eigenvalue weighted by Crippen LogP contribution is 2.33. The van der Waals surface area contributed by atoms with Crippen LogP contribution in [-0.2, 0) is 6.61 Å². The van der Waals surface area contributed by atoms with Gasteiger partial charge in [0, 0.05) is 11.8 Å². The van der Waals surface area contributed by atoms with Gasteiger partial charge in [-0.3, -0.25) is 4.40 Å². The first-order valence-electron chi connectivity index (χ1n) is 6.67. The first-order valence-corrected chi connectivity index (χ1v) is 6.67. The number of benzene rings is 1. The van der Waals surface area contributed by atoms with Crippen LogP contribution in [0.3, 0.4) is 0 Å². The summed E-state index contributed by atoms with van der Waals surface area (Å²) in [5.41, 5.74) is 5.00. The molecule has 2 aromatic heterocycles. The Morgan fingerprint density at radius 3 is 2.71 bits per heavy atom. The molecule has 0 aliphatic rings. The van der Waals surface area contributed by atoms with Crippen LogP contribution in [0.4, 0.5) is 5.82 Å². The number of aryl methyl sites for hydroxylation is 2. The molecule has 106 valence electrons. The van der Waals surface area contributed by atoms with E-state index in [1.165, 1.54) is 0 Å². The van der Waals surface area contributed by atoms with Gasteiger partial charge >= 0.3 is 0 Å². The Kier molecular flexibility index (Phi) is 3.27. The van der Waals surface area contributed by atoms with Crippen molar-refractivity contribution >= 4 is 11.5 Å². The summed E-state index contributed by atoms with van der Waals surface area (Å²) in [5, 5.41) is 12.4. The lowest BCUT2D eigenvalue weighted by Gasteiger charge is -2.04. The molecule has 0 saturated carbocycles. The number of fused-ring (bicyclic) bond motifs is 1. The second-order valence-electron chi connectivity index (χ2n) is 5.12. The summed E-state index contributed by atoms with van der Waals surface area (Å²) >= 11 is 0. The van der Waals surface area contributed by atoms with Crippen LogP contribution in [0, 0.1) is 18.8 Å². The molecule has 0 aliphatic heterocycles. The van der Waals surface area contributed by atoms with Gasteiger partial charge in [-0.15, -0.1) is 4.91 Å². The van der Waals surface area contributed by atoms with Crippen molar-refractivity contribution in [1.29, 1.82) is 0 Å². The van der Waals surface area contributed by atoms with E-state index in [1.54, 1.807) is 22.7 Å². The molecule has 21 heavy (non-hydrogen) atoms. The van der Waals surface area contributed by atoms with Crippen LogP contribution in [0.5, 0.6) is 0 Å². The number of nitroso groups, excluding NO2 is 1. The Morgan fingerprint density at radius 1 is 1.24 bits per heavy atom. The molecule has 0 radical (unpaired) electrons. The van der Waals surface area contributed by atoms with Crippen molar-refractivity contribution in [2.45, 2.75) is 20.5 Å². The zero-order valence-corrected chi connectivity index (χ0v) is 11.9. The molecule has 0 bridgehead atoms. The van der Waals surface area contributed by atoms with E-state index in [0.29, 0.717) is 16.9 Å². The van der Waals surface area contributed by atoms with Gasteiger partial charge in [0.25, 0.3) is 0 Å². The van der Waals surface area contributed by atoms with Gasteiger partial charge in [-0.25, -0.2) is 4.98 Å². The van der Waals surface area contributed by atoms with Crippen LogP contribution in [0.25, 0.3) is 16.9 Å². The van der Waals surface area contributed by atoms with Gasteiger partial charge in [-0.05, 0) is 36.2 Å². The Hall–Kier alpha value is -2.53. The number of aliphatic hydroxyl groups excluding tert-OH is 1. The number of hydrogen-bond acceptors (Lipinski definition) is 4. The highest BCUT2D eigenvalue weighted by atomic mass is 16.3. The second kappa shape index (κ2) is 5.10. The van der Waals surface area contributed by atoms with Crippen molar-refractivity contribution in [3.8, 4) is 11.3 Å². The lowest BCUT2D eigenvalue weighted by atomic mass is 10.0. The second-order valence-corrected chi connectivity index (χ2v) is 5.12. The van der Waals surface area contributed by atoms with Crippen LogP contribution in [0.1, 0.15) is 16.7 Å². The average Bonchev–Trinajstić information content (AvgIpc) is 2.84. The molecule has 3 aromatic rings. The highest BCUT2D eigenvalue weighted by molar-refractivity contribution is 5.76. The van der Waals surface area contributed by atoms with Crippen molar-refractivity contribution in [3.05, 3.63) is 58.1 Å². The summed E-state index contributed by atoms with van der Waals surface area (Å²) in [6, 6.07) is 9.54. The lowest BCUT2D eigenvalue weighted by molar-refractivity contribution is 0.281. The number of nitrogens with zero attached hydrogens (tertiary/aromatic N) is 3. The van der Waals surface area contributed by atoms with Gasteiger partial charge in [0.1, 0.15) is 11.3 Å². The van der Waals surface area contributed by atoms with Gasteiger partial charge in [0.05, 0.1) is 6.61 Å². The Labute approximate surface area is 121 Å². The summed E-state index contributed by atoms with van der Waals surface area (Å²) in [6.45, 7) is 3.91. The molecule has 3 rings (SSSR count). The van der Waals surface area contributed by atoms with Crippen molar-refractivity contribution < 1.29 is 5.11 Å². The Bertz CT molecular complexity index is 837. The first kappa shape index (κ1) is 13.5. The topological polar surface area (TPSA) is 67.0 Å². The van der Waals surface area contributed by atoms with Gasteiger partial charge in [0.15, 0.2) is 0 Å². The number of pyridine rings is 1. The molecule has 0 fully saturated rings. The molecular formula is C16H15N3O2. The summed E-state index contributed by atoms with van der Waals surface area (Å²) in [7, 11) is 0. The van der Waals surface area contributed by atoms with Crippen LogP contribution < -0.4 is 0 Å². The first-order chi connectivity index (χ1) is 10.1. The molecule has 0 amide bonds. The molecule has 5 nitrogen and oxygen atoms in total. The number of aliphatic hydroxyl groups is 1. The third-order valence-electron chi connectivity index (χ3n) is 3.56. The van der Waals surface area contributed by atoms with E-state index in [1.807, 2.05) is 32.0 Å². The predicted molar refractivity (Wildman–Crippen MR) is 81.5 cm³/mol. The fourth-order valence-electron chi connectivity index (χ4n) is 2.52. The van der Waals surface area contributed by atoms with E-state index < -0.39 is 0 Å². The zero-order valence-electron chi connectivity index (χ0n) is 11.9. The van der Waals surface area contributed by atoms with Gasteiger partial charge in [-0.1, -0.05) is 29.8 Å². The van der Waals surface area contributed by atoms with Crippen molar-refractivity contribution in [2.75, 3.05) is 0 Å². The Morgan fingerprint density at radius 2 is 2.05 bits per heavy atom. The van der Waals surface area contributed by atoms with E-state index >= 15 is 0 Å². The normalized spacial score (nSPS) is 11.0.